The maximum atomic E-state index is 14.8. The molecule has 2 amide bonds. The number of nitrogens with two attached hydrogens (primary N) is 1. The molecule has 1 heterocycles. The SMILES string of the molecule is CC(C)(O)c1csc([SH](N)(=O)NC(=O)Nc2c3c(c(F)c4c2CCC4)CCC3)n1. The lowest BCUT2D eigenvalue weighted by molar-refractivity contribution is 0.0741. The Hall–Kier alpha value is -1.88. The van der Waals surface area contributed by atoms with Gasteiger partial charge in [-0.25, -0.2) is 18.4 Å². The van der Waals surface area contributed by atoms with Gasteiger partial charge in [-0.1, -0.05) is 0 Å². The zero-order chi connectivity index (χ0) is 21.0. The summed E-state index contributed by atoms with van der Waals surface area (Å²) in [6.45, 7) is 3.12. The Morgan fingerprint density at radius 3 is 2.28 bits per heavy atom. The van der Waals surface area contributed by atoms with E-state index in [0.29, 0.717) is 48.2 Å². The van der Waals surface area contributed by atoms with Crippen molar-refractivity contribution in [2.45, 2.75) is 62.3 Å². The third-order valence-electron chi connectivity index (χ3n) is 5.48. The van der Waals surface area contributed by atoms with E-state index in [2.05, 4.69) is 15.0 Å². The van der Waals surface area contributed by atoms with Gasteiger partial charge in [-0.2, -0.15) is 0 Å². The summed E-state index contributed by atoms with van der Waals surface area (Å²) in [5.74, 6) is -0.123. The van der Waals surface area contributed by atoms with Crippen LogP contribution in [-0.4, -0.2) is 20.3 Å². The van der Waals surface area contributed by atoms with Gasteiger partial charge in [-0.15, -0.1) is 11.3 Å². The standard InChI is InChI=1S/C19H25FN4O3S2/c1-19(2,26)14-9-28-18(22-14)29(21,27)24-17(25)23-16-12-7-3-5-10(12)15(20)11-6-4-8-13(11)16/h9,26,29H,3-8H2,1-2H3,(H4,21,23,24,25,27). The van der Waals surface area contributed by atoms with Crippen LogP contribution in [0.2, 0.25) is 0 Å². The van der Waals surface area contributed by atoms with Gasteiger partial charge in [-0.05, 0) is 74.6 Å². The molecule has 7 nitrogen and oxygen atoms in total. The Kier molecular flexibility index (Phi) is 5.01. The number of nitrogens with one attached hydrogen (secondary N) is 2. The zero-order valence-corrected chi connectivity index (χ0v) is 18.1. The van der Waals surface area contributed by atoms with Crippen LogP contribution in [-0.2, 0) is 41.6 Å². The number of urea groups is 1. The Morgan fingerprint density at radius 1 is 1.21 bits per heavy atom. The molecule has 158 valence electrons. The number of hydrogen-bond donors (Lipinski definition) is 5. The molecule has 0 radical (unpaired) electrons. The second kappa shape index (κ2) is 7.12. The minimum absolute atomic E-state index is 0.0549. The van der Waals surface area contributed by atoms with Crippen LogP contribution in [0.4, 0.5) is 14.9 Å². The predicted molar refractivity (Wildman–Crippen MR) is 112 cm³/mol. The predicted octanol–water partition coefficient (Wildman–Crippen LogP) is 2.47. The highest BCUT2D eigenvalue weighted by molar-refractivity contribution is 8.01. The third kappa shape index (κ3) is 3.70. The number of carbonyl (C=O) groups is 1. The summed E-state index contributed by atoms with van der Waals surface area (Å²) in [6, 6.07) is -0.703. The van der Waals surface area contributed by atoms with Gasteiger partial charge in [0.25, 0.3) is 0 Å². The van der Waals surface area contributed by atoms with Gasteiger partial charge in [0.1, 0.15) is 11.4 Å². The van der Waals surface area contributed by atoms with Crippen LogP contribution in [0.15, 0.2) is 9.72 Å². The monoisotopic (exact) mass is 440 g/mol. The largest absolute Gasteiger partial charge is 0.384 e. The van der Waals surface area contributed by atoms with E-state index in [0.717, 1.165) is 35.3 Å². The van der Waals surface area contributed by atoms with Gasteiger partial charge < -0.3 is 10.4 Å². The fourth-order valence-corrected chi connectivity index (χ4v) is 6.42. The van der Waals surface area contributed by atoms with E-state index in [1.54, 1.807) is 19.2 Å². The summed E-state index contributed by atoms with van der Waals surface area (Å²) in [5, 5.41) is 20.3. The molecule has 29 heavy (non-hydrogen) atoms. The van der Waals surface area contributed by atoms with Gasteiger partial charge in [0, 0.05) is 11.1 Å². The van der Waals surface area contributed by atoms with Crippen LogP contribution in [0.5, 0.6) is 0 Å². The van der Waals surface area contributed by atoms with E-state index in [9.17, 15) is 18.5 Å². The van der Waals surface area contributed by atoms with Crippen LogP contribution < -0.4 is 15.2 Å². The maximum absolute atomic E-state index is 14.8. The van der Waals surface area contributed by atoms with Crippen molar-refractivity contribution in [1.82, 2.24) is 9.71 Å². The highest BCUT2D eigenvalue weighted by Gasteiger charge is 2.30. The molecule has 0 fully saturated rings. The first-order valence-electron chi connectivity index (χ1n) is 9.59. The minimum Gasteiger partial charge on any atom is -0.384 e. The van der Waals surface area contributed by atoms with Crippen molar-refractivity contribution in [1.29, 1.82) is 0 Å². The number of aromatic nitrogens is 1. The summed E-state index contributed by atoms with van der Waals surface area (Å²) in [6.07, 6.45) is 4.44. The summed E-state index contributed by atoms with van der Waals surface area (Å²) in [7, 11) is -3.78. The molecule has 2 aliphatic carbocycles. The van der Waals surface area contributed by atoms with E-state index in [1.807, 2.05) is 0 Å². The Bertz CT molecular complexity index is 1010. The average molecular weight is 441 g/mol. The molecule has 0 atom stereocenters. The molecule has 0 bridgehead atoms. The van der Waals surface area contributed by atoms with Crippen molar-refractivity contribution < 1.29 is 18.5 Å². The summed E-state index contributed by atoms with van der Waals surface area (Å²) in [4.78, 5) is 16.8. The number of rotatable bonds is 4. The van der Waals surface area contributed by atoms with Crippen molar-refractivity contribution in [3.63, 3.8) is 0 Å². The Labute approximate surface area is 173 Å². The molecule has 0 saturated heterocycles. The lowest BCUT2D eigenvalue weighted by atomic mass is 9.98. The second-order valence-electron chi connectivity index (χ2n) is 8.11. The number of anilines is 1. The number of carbonyl (C=O) groups excluding carboxylic acids is 1. The smallest absolute Gasteiger partial charge is 0.330 e. The van der Waals surface area contributed by atoms with E-state index in [1.165, 1.54) is 0 Å². The van der Waals surface area contributed by atoms with E-state index in [-0.39, 0.29) is 10.2 Å². The third-order valence-corrected chi connectivity index (χ3v) is 8.46. The van der Waals surface area contributed by atoms with Crippen molar-refractivity contribution in [3.05, 3.63) is 39.1 Å². The number of hydrogen-bond acceptors (Lipinski definition) is 5. The normalized spacial score (nSPS) is 16.4. The molecule has 2 aliphatic rings. The number of aliphatic hydroxyl groups is 1. The number of thiol groups is 1. The fraction of sp³-hybridized carbons (Fsp3) is 0.474. The quantitative estimate of drug-likeness (QED) is 0.470. The highest BCUT2D eigenvalue weighted by atomic mass is 32.3. The first kappa shape index (κ1) is 20.4. The lowest BCUT2D eigenvalue weighted by Crippen LogP contribution is -2.45. The van der Waals surface area contributed by atoms with Gasteiger partial charge in [0.15, 0.2) is 4.34 Å². The van der Waals surface area contributed by atoms with E-state index in [4.69, 9.17) is 5.14 Å². The zero-order valence-electron chi connectivity index (χ0n) is 16.3. The van der Waals surface area contributed by atoms with Crippen molar-refractivity contribution in [3.8, 4) is 0 Å². The molecule has 1 aromatic carbocycles. The first-order chi connectivity index (χ1) is 13.6. The minimum atomic E-state index is -3.78. The first-order valence-corrected chi connectivity index (χ1v) is 12.3. The molecule has 0 unspecified atom stereocenters. The van der Waals surface area contributed by atoms with Gasteiger partial charge in [0.2, 0.25) is 0 Å². The molecular weight excluding hydrogens is 415 g/mol. The van der Waals surface area contributed by atoms with E-state index < -0.39 is 21.9 Å². The van der Waals surface area contributed by atoms with Gasteiger partial charge in [0.05, 0.1) is 16.0 Å². The maximum Gasteiger partial charge on any atom is 0.330 e. The summed E-state index contributed by atoms with van der Waals surface area (Å²) in [5.41, 5.74) is 2.82. The number of amides is 2. The molecule has 4 rings (SSSR count). The summed E-state index contributed by atoms with van der Waals surface area (Å²) < 4.78 is 30.0. The van der Waals surface area contributed by atoms with Gasteiger partial charge in [-0.3, -0.25) is 9.86 Å². The number of fused-ring (bicyclic) bond motifs is 2. The average Bonchev–Trinajstić information content (AvgIpc) is 3.37. The highest BCUT2D eigenvalue weighted by Crippen LogP contribution is 2.41. The Morgan fingerprint density at radius 2 is 1.76 bits per heavy atom. The molecule has 10 heteroatoms. The number of nitrogens with zero attached hydrogens (tertiary/aromatic N) is 1. The molecule has 5 N–H and O–H groups in total. The van der Waals surface area contributed by atoms with Crippen LogP contribution in [0.1, 0.15) is 54.6 Å². The lowest BCUT2D eigenvalue weighted by Gasteiger charge is -2.21. The van der Waals surface area contributed by atoms with E-state index >= 15 is 0 Å². The van der Waals surface area contributed by atoms with Crippen LogP contribution in [0, 0.1) is 5.82 Å². The number of halogens is 1. The molecule has 2 aromatic rings. The number of benzene rings is 1. The van der Waals surface area contributed by atoms with Crippen molar-refractivity contribution >= 4 is 33.4 Å². The topological polar surface area (TPSA) is 117 Å². The molecule has 0 spiro atoms. The van der Waals surface area contributed by atoms with Crippen molar-refractivity contribution in [2.75, 3.05) is 5.32 Å². The second-order valence-corrected chi connectivity index (χ2v) is 11.2. The van der Waals surface area contributed by atoms with Crippen molar-refractivity contribution in [2.24, 2.45) is 5.14 Å². The Balaban J connectivity index is 1.58. The molecule has 0 aliphatic heterocycles. The molecule has 1 aromatic heterocycles. The summed E-state index contributed by atoms with van der Waals surface area (Å²) >= 11 is 1.02. The molecular formula is C19H25FN4O3S2. The van der Waals surface area contributed by atoms with Crippen LogP contribution in [0.3, 0.4) is 0 Å². The molecule has 0 saturated carbocycles. The van der Waals surface area contributed by atoms with Gasteiger partial charge >= 0.3 is 6.03 Å². The number of thiazole rings is 1. The van der Waals surface area contributed by atoms with Crippen LogP contribution in [0.25, 0.3) is 0 Å². The fourth-order valence-electron chi connectivity index (χ4n) is 4.08. The van der Waals surface area contributed by atoms with Crippen LogP contribution >= 0.6 is 11.3 Å².